The Labute approximate surface area is 103 Å². The van der Waals surface area contributed by atoms with E-state index in [1.165, 1.54) is 0 Å². The summed E-state index contributed by atoms with van der Waals surface area (Å²) in [6.45, 7) is 0. The van der Waals surface area contributed by atoms with Crippen LogP contribution in [0.1, 0.15) is 34.8 Å². The first kappa shape index (κ1) is 10.2. The molecule has 0 bridgehead atoms. The average Bonchev–Trinajstić information content (AvgIpc) is 3.05. The van der Waals surface area contributed by atoms with E-state index in [-0.39, 0.29) is 0 Å². The number of hydrogen-bond donors (Lipinski definition) is 1. The molecule has 1 aliphatic carbocycles. The maximum absolute atomic E-state index is 11.1. The highest BCUT2D eigenvalue weighted by Crippen LogP contribution is 2.44. The Bertz CT molecular complexity index is 584. The summed E-state index contributed by atoms with van der Waals surface area (Å²) in [5, 5.41) is 1.87. The van der Waals surface area contributed by atoms with E-state index in [0.717, 1.165) is 41.3 Å². The lowest BCUT2D eigenvalue weighted by Crippen LogP contribution is -1.85. The third kappa shape index (κ3) is 1.37. The van der Waals surface area contributed by atoms with Crippen molar-refractivity contribution in [2.75, 3.05) is 0 Å². The fourth-order valence-electron chi connectivity index (χ4n) is 2.07. The van der Waals surface area contributed by atoms with Crippen LogP contribution in [0, 0.1) is 0 Å². The van der Waals surface area contributed by atoms with Gasteiger partial charge in [0.15, 0.2) is 6.29 Å². The van der Waals surface area contributed by atoms with Crippen LogP contribution in [0.2, 0.25) is 10.0 Å². The number of aldehydes is 1. The molecule has 1 aromatic carbocycles. The van der Waals surface area contributed by atoms with E-state index in [9.17, 15) is 4.79 Å². The molecule has 3 rings (SSSR count). The van der Waals surface area contributed by atoms with Gasteiger partial charge in [0, 0.05) is 16.6 Å². The summed E-state index contributed by atoms with van der Waals surface area (Å²) in [6, 6.07) is 3.57. The van der Waals surface area contributed by atoms with Gasteiger partial charge in [-0.1, -0.05) is 29.3 Å². The SMILES string of the molecule is O=Cc1c(C2CC2)[nH]c2c(Cl)c(Cl)ccc12. The molecular formula is C12H9Cl2NO. The molecule has 0 saturated heterocycles. The van der Waals surface area contributed by atoms with Crippen LogP contribution in [-0.4, -0.2) is 11.3 Å². The van der Waals surface area contributed by atoms with E-state index >= 15 is 0 Å². The number of benzene rings is 1. The van der Waals surface area contributed by atoms with Gasteiger partial charge in [0.25, 0.3) is 0 Å². The zero-order valence-electron chi connectivity index (χ0n) is 8.39. The lowest BCUT2D eigenvalue weighted by Gasteiger charge is -1.96. The number of carbonyl (C=O) groups is 1. The van der Waals surface area contributed by atoms with Crippen molar-refractivity contribution < 1.29 is 4.79 Å². The molecule has 1 saturated carbocycles. The van der Waals surface area contributed by atoms with Crippen molar-refractivity contribution >= 4 is 40.4 Å². The molecule has 0 spiro atoms. The highest BCUT2D eigenvalue weighted by Gasteiger charge is 2.29. The fraction of sp³-hybridized carbons (Fsp3) is 0.250. The molecule has 0 unspecified atom stereocenters. The summed E-state index contributed by atoms with van der Waals surface area (Å²) in [5.74, 6) is 0.488. The topological polar surface area (TPSA) is 32.9 Å². The number of halogens is 2. The molecule has 1 N–H and O–H groups in total. The molecule has 2 nitrogen and oxygen atoms in total. The van der Waals surface area contributed by atoms with Crippen LogP contribution < -0.4 is 0 Å². The molecule has 0 atom stereocenters. The normalized spacial score (nSPS) is 15.6. The molecule has 2 aromatic rings. The van der Waals surface area contributed by atoms with Gasteiger partial charge in [0.05, 0.1) is 15.6 Å². The van der Waals surface area contributed by atoms with Crippen molar-refractivity contribution in [3.05, 3.63) is 33.4 Å². The third-order valence-corrected chi connectivity index (χ3v) is 3.84. The second-order valence-corrected chi connectivity index (χ2v) is 4.91. The molecular weight excluding hydrogens is 245 g/mol. The summed E-state index contributed by atoms with van der Waals surface area (Å²) >= 11 is 12.1. The average molecular weight is 254 g/mol. The first-order chi connectivity index (χ1) is 7.72. The second kappa shape index (κ2) is 3.51. The molecule has 4 heteroatoms. The van der Waals surface area contributed by atoms with Crippen molar-refractivity contribution in [1.82, 2.24) is 4.98 Å². The van der Waals surface area contributed by atoms with E-state index in [4.69, 9.17) is 23.2 Å². The monoisotopic (exact) mass is 253 g/mol. The van der Waals surface area contributed by atoms with E-state index in [2.05, 4.69) is 4.98 Å². The minimum absolute atomic E-state index is 0.488. The molecule has 1 aromatic heterocycles. The van der Waals surface area contributed by atoms with Gasteiger partial charge in [-0.3, -0.25) is 4.79 Å². The molecule has 82 valence electrons. The number of nitrogens with one attached hydrogen (secondary N) is 1. The van der Waals surface area contributed by atoms with E-state index in [1.54, 1.807) is 6.07 Å². The van der Waals surface area contributed by atoms with Gasteiger partial charge in [-0.2, -0.15) is 0 Å². The summed E-state index contributed by atoms with van der Waals surface area (Å²) in [4.78, 5) is 14.4. The van der Waals surface area contributed by atoms with Gasteiger partial charge >= 0.3 is 0 Å². The molecule has 0 radical (unpaired) electrons. The number of H-pyrrole nitrogens is 1. The number of fused-ring (bicyclic) bond motifs is 1. The highest BCUT2D eigenvalue weighted by molar-refractivity contribution is 6.45. The quantitative estimate of drug-likeness (QED) is 0.801. The number of carbonyl (C=O) groups excluding carboxylic acids is 1. The van der Waals surface area contributed by atoms with Crippen LogP contribution in [0.5, 0.6) is 0 Å². The zero-order valence-corrected chi connectivity index (χ0v) is 9.90. The van der Waals surface area contributed by atoms with Crippen molar-refractivity contribution in [2.45, 2.75) is 18.8 Å². The van der Waals surface area contributed by atoms with Gasteiger partial charge in [0.2, 0.25) is 0 Å². The summed E-state index contributed by atoms with van der Waals surface area (Å²) in [7, 11) is 0. The zero-order chi connectivity index (χ0) is 11.3. The van der Waals surface area contributed by atoms with Gasteiger partial charge in [-0.15, -0.1) is 0 Å². The van der Waals surface area contributed by atoms with Crippen LogP contribution in [-0.2, 0) is 0 Å². The van der Waals surface area contributed by atoms with Gasteiger partial charge in [-0.25, -0.2) is 0 Å². The lowest BCUT2D eigenvalue weighted by atomic mass is 10.1. The van der Waals surface area contributed by atoms with Crippen molar-refractivity contribution in [1.29, 1.82) is 0 Å². The fourth-order valence-corrected chi connectivity index (χ4v) is 2.43. The summed E-state index contributed by atoms with van der Waals surface area (Å²) in [5.41, 5.74) is 2.52. The predicted octanol–water partition coefficient (Wildman–Crippen LogP) is 4.16. The van der Waals surface area contributed by atoms with Gasteiger partial charge in [-0.05, 0) is 24.8 Å². The highest BCUT2D eigenvalue weighted by atomic mass is 35.5. The van der Waals surface area contributed by atoms with Crippen LogP contribution in [0.25, 0.3) is 10.9 Å². The standard InChI is InChI=1S/C12H9Cl2NO/c13-9-4-3-7-8(5-16)11(6-1-2-6)15-12(7)10(9)14/h3-6,15H,1-2H2. The number of aromatic amines is 1. The Balaban J connectivity index is 2.36. The summed E-state index contributed by atoms with van der Waals surface area (Å²) < 4.78 is 0. The molecule has 0 aliphatic heterocycles. The molecule has 1 fully saturated rings. The number of hydrogen-bond acceptors (Lipinski definition) is 1. The maximum Gasteiger partial charge on any atom is 0.152 e. The minimum atomic E-state index is 0.488. The van der Waals surface area contributed by atoms with Crippen LogP contribution >= 0.6 is 23.2 Å². The molecule has 16 heavy (non-hydrogen) atoms. The molecule has 1 aliphatic rings. The Kier molecular flexibility index (Phi) is 2.23. The smallest absolute Gasteiger partial charge is 0.152 e. The largest absolute Gasteiger partial charge is 0.356 e. The van der Waals surface area contributed by atoms with Crippen molar-refractivity contribution in [3.63, 3.8) is 0 Å². The van der Waals surface area contributed by atoms with Crippen LogP contribution in [0.15, 0.2) is 12.1 Å². The van der Waals surface area contributed by atoms with E-state index in [0.29, 0.717) is 16.0 Å². The van der Waals surface area contributed by atoms with Crippen molar-refractivity contribution in [3.8, 4) is 0 Å². The van der Waals surface area contributed by atoms with E-state index < -0.39 is 0 Å². The second-order valence-electron chi connectivity index (χ2n) is 4.13. The maximum atomic E-state index is 11.1. The van der Waals surface area contributed by atoms with Crippen molar-refractivity contribution in [2.24, 2.45) is 0 Å². The first-order valence-electron chi connectivity index (χ1n) is 5.17. The van der Waals surface area contributed by atoms with Gasteiger partial charge in [0.1, 0.15) is 0 Å². The predicted molar refractivity (Wildman–Crippen MR) is 65.7 cm³/mol. The first-order valence-corrected chi connectivity index (χ1v) is 5.92. The Morgan fingerprint density at radius 2 is 2.06 bits per heavy atom. The Morgan fingerprint density at radius 1 is 1.31 bits per heavy atom. The number of rotatable bonds is 2. The summed E-state index contributed by atoms with van der Waals surface area (Å²) in [6.07, 6.45) is 3.18. The third-order valence-electron chi connectivity index (χ3n) is 3.04. The molecule has 1 heterocycles. The van der Waals surface area contributed by atoms with Gasteiger partial charge < -0.3 is 4.98 Å². The van der Waals surface area contributed by atoms with E-state index in [1.807, 2.05) is 6.07 Å². The Hall–Kier alpha value is -0.990. The van der Waals surface area contributed by atoms with Crippen LogP contribution in [0.3, 0.4) is 0 Å². The Morgan fingerprint density at radius 3 is 2.69 bits per heavy atom. The lowest BCUT2D eigenvalue weighted by molar-refractivity contribution is 0.112. The van der Waals surface area contributed by atoms with Crippen LogP contribution in [0.4, 0.5) is 0 Å². The number of aromatic nitrogens is 1. The minimum Gasteiger partial charge on any atom is -0.356 e. The molecule has 0 amide bonds.